The predicted molar refractivity (Wildman–Crippen MR) is 153 cm³/mol. The van der Waals surface area contributed by atoms with Crippen molar-refractivity contribution < 1.29 is 32.2 Å². The van der Waals surface area contributed by atoms with Gasteiger partial charge in [0.05, 0.1) is 31.2 Å². The summed E-state index contributed by atoms with van der Waals surface area (Å²) in [7, 11) is 4.56. The topological polar surface area (TPSA) is 94.9 Å². The third-order valence-corrected chi connectivity index (χ3v) is 6.79. The fraction of sp³-hybridized carbons (Fsp3) is 0.433. The first-order valence-corrected chi connectivity index (χ1v) is 13.5. The zero-order chi connectivity index (χ0) is 30.8. The molecule has 0 unspecified atom stereocenters. The number of nitrogens with one attached hydrogen (secondary N) is 1. The van der Waals surface area contributed by atoms with Crippen molar-refractivity contribution in [1.82, 2.24) is 14.7 Å². The first-order valence-electron chi connectivity index (χ1n) is 13.5. The Morgan fingerprint density at radius 2 is 1.67 bits per heavy atom. The molecule has 226 valence electrons. The number of amides is 1. The van der Waals surface area contributed by atoms with Gasteiger partial charge in [-0.1, -0.05) is 0 Å². The molecule has 1 N–H and O–H groups in total. The highest BCUT2D eigenvalue weighted by Crippen LogP contribution is 2.37. The summed E-state index contributed by atoms with van der Waals surface area (Å²) in [5.74, 6) is 0.961. The van der Waals surface area contributed by atoms with Crippen molar-refractivity contribution in [3.05, 3.63) is 63.4 Å². The lowest BCUT2D eigenvalue weighted by Crippen LogP contribution is -2.36. The maximum Gasteiger partial charge on any atom is 0.418 e. The molecule has 0 atom stereocenters. The number of halogens is 3. The van der Waals surface area contributed by atoms with Crippen LogP contribution in [0.4, 0.5) is 23.7 Å². The molecule has 3 aromatic rings. The van der Waals surface area contributed by atoms with E-state index >= 15 is 0 Å². The van der Waals surface area contributed by atoms with Gasteiger partial charge in [-0.25, -0.2) is 4.79 Å². The molecule has 4 rings (SSSR count). The van der Waals surface area contributed by atoms with Crippen LogP contribution < -0.4 is 20.3 Å². The number of methoxy groups -OCH3 is 2. The van der Waals surface area contributed by atoms with E-state index in [4.69, 9.17) is 14.2 Å². The van der Waals surface area contributed by atoms with Crippen molar-refractivity contribution >= 4 is 11.8 Å². The highest BCUT2D eigenvalue weighted by molar-refractivity contribution is 5.69. The summed E-state index contributed by atoms with van der Waals surface area (Å²) < 4.78 is 59.6. The summed E-state index contributed by atoms with van der Waals surface area (Å²) >= 11 is 0. The summed E-state index contributed by atoms with van der Waals surface area (Å²) in [6, 6.07) is 8.56. The molecule has 0 bridgehead atoms. The first-order chi connectivity index (χ1) is 19.7. The van der Waals surface area contributed by atoms with E-state index in [1.165, 1.54) is 31.3 Å². The second-order valence-corrected chi connectivity index (χ2v) is 11.0. The minimum atomic E-state index is -4.75. The molecule has 1 heterocycles. The fourth-order valence-corrected chi connectivity index (χ4v) is 4.77. The number of nitrogens with zero attached hydrogens (tertiary/aromatic N) is 3. The lowest BCUT2D eigenvalue weighted by molar-refractivity contribution is -0.137. The molecule has 2 aromatic carbocycles. The molecule has 0 saturated carbocycles. The van der Waals surface area contributed by atoms with Gasteiger partial charge in [0, 0.05) is 43.0 Å². The number of likely N-dealkylation sites (N-methyl/N-ethyl adjacent to an activating group) is 1. The van der Waals surface area contributed by atoms with Crippen LogP contribution in [0.2, 0.25) is 0 Å². The second kappa shape index (κ2) is 11.9. The van der Waals surface area contributed by atoms with Gasteiger partial charge < -0.3 is 24.4 Å². The normalized spacial score (nSPS) is 13.0. The van der Waals surface area contributed by atoms with Gasteiger partial charge >= 0.3 is 12.3 Å². The third kappa shape index (κ3) is 6.80. The molecule has 0 aliphatic heterocycles. The Labute approximate surface area is 242 Å². The van der Waals surface area contributed by atoms with Crippen LogP contribution in [0.1, 0.15) is 43.9 Å². The summed E-state index contributed by atoms with van der Waals surface area (Å²) in [6.07, 6.45) is -3.58. The third-order valence-electron chi connectivity index (χ3n) is 6.79. The van der Waals surface area contributed by atoms with E-state index in [0.717, 1.165) is 10.7 Å². The summed E-state index contributed by atoms with van der Waals surface area (Å²) in [5.41, 5.74) is -0.221. The minimum absolute atomic E-state index is 0.224. The molecule has 0 radical (unpaired) electrons. The van der Waals surface area contributed by atoms with Crippen LogP contribution in [-0.2, 0) is 23.8 Å². The summed E-state index contributed by atoms with van der Waals surface area (Å²) in [4.78, 5) is 27.2. The van der Waals surface area contributed by atoms with Crippen molar-refractivity contribution in [1.29, 1.82) is 0 Å². The smallest absolute Gasteiger partial charge is 0.418 e. The Kier molecular flexibility index (Phi) is 8.74. The molecule has 1 aromatic heterocycles. The number of aromatic nitrogens is 2. The number of hydrogen-bond acceptors (Lipinski definition) is 7. The lowest BCUT2D eigenvalue weighted by atomic mass is 10.0. The van der Waals surface area contributed by atoms with Gasteiger partial charge in [-0.05, 0) is 75.9 Å². The van der Waals surface area contributed by atoms with Crippen LogP contribution in [0, 0.1) is 0 Å². The molecule has 0 fully saturated rings. The van der Waals surface area contributed by atoms with Gasteiger partial charge in [0.25, 0.3) is 5.56 Å². The van der Waals surface area contributed by atoms with Gasteiger partial charge in [0.1, 0.15) is 17.1 Å². The number of fused-ring (bicyclic) bond motifs is 1. The number of carbonyl (C=O) groups is 1. The highest BCUT2D eigenvalue weighted by Gasteiger charge is 2.36. The van der Waals surface area contributed by atoms with E-state index < -0.39 is 34.7 Å². The molecule has 0 spiro atoms. The molecule has 0 saturated heterocycles. The summed E-state index contributed by atoms with van der Waals surface area (Å²) in [6.45, 7) is 5.72. The van der Waals surface area contributed by atoms with E-state index in [-0.39, 0.29) is 13.1 Å². The summed E-state index contributed by atoms with van der Waals surface area (Å²) in [5, 5.41) is 7.55. The highest BCUT2D eigenvalue weighted by atomic mass is 19.4. The number of alkyl halides is 3. The van der Waals surface area contributed by atoms with E-state index in [9.17, 15) is 22.8 Å². The van der Waals surface area contributed by atoms with Crippen molar-refractivity contribution in [2.24, 2.45) is 0 Å². The van der Waals surface area contributed by atoms with E-state index in [1.807, 2.05) is 0 Å². The number of anilines is 1. The average molecular weight is 589 g/mol. The standard InChI is InChI=1S/C30H35F3N4O5/c1-29(2,3)42-28(39)36(4)13-12-34-19-10-11-24(30(31,32)33)25(16-19)37-27(38)23-9-7-8-22(23)26(35-37)18-14-20(40-5)17-21(15-18)41-6/h10-11,14-17,34H,7-9,12-13H2,1-6H3. The maximum atomic E-state index is 14.2. The average Bonchev–Trinajstić information content (AvgIpc) is 3.42. The Bertz CT molecular complexity index is 1510. The molecular formula is C30H35F3N4O5. The van der Waals surface area contributed by atoms with Crippen LogP contribution in [-0.4, -0.2) is 60.7 Å². The van der Waals surface area contributed by atoms with E-state index in [1.54, 1.807) is 46.0 Å². The Hall–Kier alpha value is -4.22. The van der Waals surface area contributed by atoms with Crippen LogP contribution in [0.5, 0.6) is 11.5 Å². The van der Waals surface area contributed by atoms with Crippen molar-refractivity contribution in [2.45, 2.75) is 51.8 Å². The van der Waals surface area contributed by atoms with Crippen LogP contribution in [0.3, 0.4) is 0 Å². The van der Waals surface area contributed by atoms with Crippen LogP contribution in [0.15, 0.2) is 41.2 Å². The quantitative estimate of drug-likeness (QED) is 0.361. The first kappa shape index (κ1) is 30.7. The Morgan fingerprint density at radius 1 is 1.02 bits per heavy atom. The number of carbonyl (C=O) groups excluding carboxylic acids is 1. The zero-order valence-electron chi connectivity index (χ0n) is 24.5. The largest absolute Gasteiger partial charge is 0.497 e. The molecular weight excluding hydrogens is 553 g/mol. The zero-order valence-corrected chi connectivity index (χ0v) is 24.5. The molecule has 1 amide bonds. The predicted octanol–water partition coefficient (Wildman–Crippen LogP) is 5.70. The van der Waals surface area contributed by atoms with Crippen LogP contribution >= 0.6 is 0 Å². The SMILES string of the molecule is COc1cc(OC)cc(-c2nn(-c3cc(NCCN(C)C(=O)OC(C)(C)C)ccc3C(F)(F)F)c(=O)c3c2CCC3)c1. The van der Waals surface area contributed by atoms with Crippen molar-refractivity contribution in [3.63, 3.8) is 0 Å². The number of ether oxygens (including phenoxy) is 3. The maximum absolute atomic E-state index is 14.2. The molecule has 1 aliphatic carbocycles. The lowest BCUT2D eigenvalue weighted by Gasteiger charge is -2.25. The van der Waals surface area contributed by atoms with Crippen LogP contribution in [0.25, 0.3) is 16.9 Å². The Balaban J connectivity index is 1.75. The van der Waals surface area contributed by atoms with E-state index in [0.29, 0.717) is 58.8 Å². The minimum Gasteiger partial charge on any atom is -0.497 e. The number of rotatable bonds is 8. The van der Waals surface area contributed by atoms with Gasteiger partial charge in [-0.2, -0.15) is 23.0 Å². The number of benzene rings is 2. The monoisotopic (exact) mass is 588 g/mol. The molecule has 1 aliphatic rings. The van der Waals surface area contributed by atoms with Gasteiger partial charge in [0.15, 0.2) is 0 Å². The van der Waals surface area contributed by atoms with Gasteiger partial charge in [-0.3, -0.25) is 4.79 Å². The van der Waals surface area contributed by atoms with Crippen molar-refractivity contribution in [3.8, 4) is 28.4 Å². The molecule has 42 heavy (non-hydrogen) atoms. The van der Waals surface area contributed by atoms with Crippen molar-refractivity contribution in [2.75, 3.05) is 39.7 Å². The number of hydrogen-bond donors (Lipinski definition) is 1. The van der Waals surface area contributed by atoms with Gasteiger partial charge in [0.2, 0.25) is 0 Å². The second-order valence-electron chi connectivity index (χ2n) is 11.0. The Morgan fingerprint density at radius 3 is 2.26 bits per heavy atom. The molecule has 9 nitrogen and oxygen atoms in total. The fourth-order valence-electron chi connectivity index (χ4n) is 4.77. The van der Waals surface area contributed by atoms with E-state index in [2.05, 4.69) is 10.4 Å². The molecule has 12 heteroatoms. The van der Waals surface area contributed by atoms with Gasteiger partial charge in [-0.15, -0.1) is 0 Å².